The number of halogens is 2. The monoisotopic (exact) mass is 346 g/mol. The molecule has 1 aromatic heterocycles. The highest BCUT2D eigenvalue weighted by Gasteiger charge is 2.23. The molecule has 0 aliphatic carbocycles. The third-order valence-corrected chi connectivity index (χ3v) is 5.10. The van der Waals surface area contributed by atoms with Crippen LogP contribution in [-0.4, -0.2) is 28.0 Å². The van der Waals surface area contributed by atoms with Gasteiger partial charge >= 0.3 is 0 Å². The minimum absolute atomic E-state index is 0.171. The zero-order valence-electron chi connectivity index (χ0n) is 13.4. The fourth-order valence-corrected chi connectivity index (χ4v) is 3.61. The van der Waals surface area contributed by atoms with Gasteiger partial charge in [-0.25, -0.2) is 14.4 Å². The van der Waals surface area contributed by atoms with Gasteiger partial charge in [-0.3, -0.25) is 4.90 Å². The van der Waals surface area contributed by atoms with Crippen LogP contribution in [0, 0.1) is 5.82 Å². The molecule has 2 aliphatic rings. The van der Waals surface area contributed by atoms with Crippen LogP contribution in [0.4, 0.5) is 4.39 Å². The number of rotatable bonds is 3. The Hall–Kier alpha value is -1.56. The van der Waals surface area contributed by atoms with Crippen LogP contribution in [0.5, 0.6) is 0 Å². The van der Waals surface area contributed by atoms with E-state index in [0.717, 1.165) is 49.6 Å². The van der Waals surface area contributed by atoms with E-state index in [1.165, 1.54) is 18.1 Å². The van der Waals surface area contributed by atoms with Gasteiger partial charge < -0.3 is 5.32 Å². The number of hydrogen-bond donors (Lipinski definition) is 1. The number of fused-ring (bicyclic) bond motifs is 1. The van der Waals surface area contributed by atoms with Gasteiger partial charge in [0.2, 0.25) is 0 Å². The summed E-state index contributed by atoms with van der Waals surface area (Å²) >= 11 is 5.75. The summed E-state index contributed by atoms with van der Waals surface area (Å²) in [5, 5.41) is 3.62. The maximum atomic E-state index is 13.6. The Kier molecular flexibility index (Phi) is 4.48. The van der Waals surface area contributed by atoms with E-state index in [1.54, 1.807) is 6.07 Å². The first-order chi connectivity index (χ1) is 11.7. The number of benzene rings is 1. The van der Waals surface area contributed by atoms with E-state index in [0.29, 0.717) is 12.6 Å². The first-order valence-electron chi connectivity index (χ1n) is 8.43. The highest BCUT2D eigenvalue weighted by molar-refractivity contribution is 6.30. The lowest BCUT2D eigenvalue weighted by Gasteiger charge is -2.28. The minimum atomic E-state index is -0.358. The second-order valence-electron chi connectivity index (χ2n) is 6.56. The standard InChI is InChI=1S/C18H20ClFN4/c19-14-4-3-12(8-15(14)20)10-24-7-5-16-13(11-24)9-22-18(23-16)17-2-1-6-21-17/h3-4,8-9,17,21H,1-2,5-7,10-11H2. The topological polar surface area (TPSA) is 41.1 Å². The van der Waals surface area contributed by atoms with Crippen LogP contribution in [0.2, 0.25) is 5.02 Å². The summed E-state index contributed by atoms with van der Waals surface area (Å²) in [6.07, 6.45) is 5.18. The predicted molar refractivity (Wildman–Crippen MR) is 91.2 cm³/mol. The number of nitrogens with zero attached hydrogens (tertiary/aromatic N) is 3. The van der Waals surface area contributed by atoms with E-state index in [4.69, 9.17) is 16.6 Å². The van der Waals surface area contributed by atoms with Gasteiger partial charge in [0.1, 0.15) is 11.6 Å². The maximum absolute atomic E-state index is 13.6. The van der Waals surface area contributed by atoms with Crippen molar-refractivity contribution < 1.29 is 4.39 Å². The summed E-state index contributed by atoms with van der Waals surface area (Å²) in [6, 6.07) is 5.33. The summed E-state index contributed by atoms with van der Waals surface area (Å²) in [7, 11) is 0. The van der Waals surface area contributed by atoms with E-state index in [2.05, 4.69) is 15.2 Å². The molecule has 1 fully saturated rings. The van der Waals surface area contributed by atoms with E-state index in [-0.39, 0.29) is 10.8 Å². The van der Waals surface area contributed by atoms with Crippen LogP contribution in [0.1, 0.15) is 41.5 Å². The molecule has 0 amide bonds. The Bertz CT molecular complexity index is 746. The van der Waals surface area contributed by atoms with Gasteiger partial charge in [0.15, 0.2) is 0 Å². The van der Waals surface area contributed by atoms with Gasteiger partial charge in [0.05, 0.1) is 11.1 Å². The Morgan fingerprint density at radius 1 is 1.38 bits per heavy atom. The smallest absolute Gasteiger partial charge is 0.145 e. The third kappa shape index (κ3) is 3.29. The molecule has 0 radical (unpaired) electrons. The van der Waals surface area contributed by atoms with Crippen LogP contribution in [0.25, 0.3) is 0 Å². The highest BCUT2D eigenvalue weighted by atomic mass is 35.5. The summed E-state index contributed by atoms with van der Waals surface area (Å²) in [5.74, 6) is 0.572. The van der Waals surface area contributed by atoms with E-state index in [9.17, 15) is 4.39 Å². The normalized spacial score (nSPS) is 21.0. The average molecular weight is 347 g/mol. The molecular weight excluding hydrogens is 327 g/mol. The number of nitrogens with one attached hydrogen (secondary N) is 1. The van der Waals surface area contributed by atoms with E-state index in [1.807, 2.05) is 12.3 Å². The molecule has 4 rings (SSSR count). The van der Waals surface area contributed by atoms with Crippen molar-refractivity contribution in [3.05, 3.63) is 57.9 Å². The Balaban J connectivity index is 1.46. The molecule has 4 nitrogen and oxygen atoms in total. The van der Waals surface area contributed by atoms with Crippen LogP contribution >= 0.6 is 11.6 Å². The molecule has 2 aliphatic heterocycles. The Morgan fingerprint density at radius 3 is 3.08 bits per heavy atom. The molecule has 24 heavy (non-hydrogen) atoms. The maximum Gasteiger partial charge on any atom is 0.145 e. The quantitative estimate of drug-likeness (QED) is 0.926. The minimum Gasteiger partial charge on any atom is -0.307 e. The average Bonchev–Trinajstić information content (AvgIpc) is 3.12. The first-order valence-corrected chi connectivity index (χ1v) is 8.81. The van der Waals surface area contributed by atoms with Crippen LogP contribution in [0.3, 0.4) is 0 Å². The van der Waals surface area contributed by atoms with Crippen LogP contribution in [-0.2, 0) is 19.5 Å². The molecule has 2 aromatic rings. The molecule has 1 N–H and O–H groups in total. The summed E-state index contributed by atoms with van der Waals surface area (Å²) in [5.41, 5.74) is 3.28. The molecule has 126 valence electrons. The van der Waals surface area contributed by atoms with Gasteiger partial charge in [-0.2, -0.15) is 0 Å². The summed E-state index contributed by atoms with van der Waals surface area (Å²) in [4.78, 5) is 11.6. The van der Waals surface area contributed by atoms with Crippen molar-refractivity contribution in [1.82, 2.24) is 20.2 Å². The highest BCUT2D eigenvalue weighted by Crippen LogP contribution is 2.24. The fourth-order valence-electron chi connectivity index (χ4n) is 3.49. The van der Waals surface area contributed by atoms with Crippen LogP contribution < -0.4 is 5.32 Å². The van der Waals surface area contributed by atoms with Gasteiger partial charge in [0, 0.05) is 43.5 Å². The van der Waals surface area contributed by atoms with Crippen LogP contribution in [0.15, 0.2) is 24.4 Å². The molecule has 0 saturated carbocycles. The van der Waals surface area contributed by atoms with Crippen molar-refractivity contribution >= 4 is 11.6 Å². The summed E-state index contributed by atoms with van der Waals surface area (Å²) < 4.78 is 13.6. The van der Waals surface area contributed by atoms with Crippen molar-refractivity contribution in [3.63, 3.8) is 0 Å². The molecule has 1 atom stereocenters. The van der Waals surface area contributed by atoms with E-state index < -0.39 is 0 Å². The second kappa shape index (κ2) is 6.75. The molecule has 1 saturated heterocycles. The van der Waals surface area contributed by atoms with Crippen molar-refractivity contribution in [2.24, 2.45) is 0 Å². The van der Waals surface area contributed by atoms with E-state index >= 15 is 0 Å². The zero-order valence-corrected chi connectivity index (χ0v) is 14.2. The molecule has 3 heterocycles. The van der Waals surface area contributed by atoms with Gasteiger partial charge in [-0.05, 0) is 37.1 Å². The Morgan fingerprint density at radius 2 is 2.29 bits per heavy atom. The second-order valence-corrected chi connectivity index (χ2v) is 6.97. The lowest BCUT2D eigenvalue weighted by Crippen LogP contribution is -2.31. The molecule has 6 heteroatoms. The van der Waals surface area contributed by atoms with Crippen molar-refractivity contribution in [3.8, 4) is 0 Å². The lowest BCUT2D eigenvalue weighted by molar-refractivity contribution is 0.242. The molecular formula is C18H20ClFN4. The Labute approximate surface area is 146 Å². The van der Waals surface area contributed by atoms with Gasteiger partial charge in [-0.15, -0.1) is 0 Å². The van der Waals surface area contributed by atoms with Gasteiger partial charge in [-0.1, -0.05) is 17.7 Å². The predicted octanol–water partition coefficient (Wildman–Crippen LogP) is 3.25. The van der Waals surface area contributed by atoms with Crippen molar-refractivity contribution in [2.45, 2.75) is 38.4 Å². The molecule has 0 spiro atoms. The zero-order chi connectivity index (χ0) is 16.5. The largest absolute Gasteiger partial charge is 0.307 e. The molecule has 1 aromatic carbocycles. The third-order valence-electron chi connectivity index (χ3n) is 4.79. The molecule has 0 bridgehead atoms. The number of aromatic nitrogens is 2. The lowest BCUT2D eigenvalue weighted by atomic mass is 10.1. The first kappa shape index (κ1) is 15.9. The van der Waals surface area contributed by atoms with Crippen molar-refractivity contribution in [1.29, 1.82) is 0 Å². The fraction of sp³-hybridized carbons (Fsp3) is 0.444. The number of hydrogen-bond acceptors (Lipinski definition) is 4. The van der Waals surface area contributed by atoms with Crippen molar-refractivity contribution in [2.75, 3.05) is 13.1 Å². The SMILES string of the molecule is Fc1cc(CN2CCc3nc(C4CCCN4)ncc3C2)ccc1Cl. The summed E-state index contributed by atoms with van der Waals surface area (Å²) in [6.45, 7) is 3.49. The van der Waals surface area contributed by atoms with Gasteiger partial charge in [0.25, 0.3) is 0 Å². The molecule has 1 unspecified atom stereocenters.